The number of rotatable bonds is 5. The molecule has 0 aliphatic heterocycles. The molecule has 0 aromatic heterocycles. The van der Waals surface area contributed by atoms with E-state index in [1.165, 1.54) is 17.1 Å². The summed E-state index contributed by atoms with van der Waals surface area (Å²) in [6, 6.07) is 10.5. The molecule has 0 saturated heterocycles. The van der Waals surface area contributed by atoms with E-state index in [4.69, 9.17) is 11.6 Å². The van der Waals surface area contributed by atoms with Crippen LogP contribution in [0, 0.1) is 0 Å². The monoisotopic (exact) mass is 214 g/mol. The fraction of sp³-hybridized carbons (Fsp3) is 0.455. The van der Waals surface area contributed by atoms with E-state index in [1.54, 1.807) is 0 Å². The van der Waals surface area contributed by atoms with E-state index < -0.39 is 0 Å². The van der Waals surface area contributed by atoms with Gasteiger partial charge in [-0.15, -0.1) is 23.4 Å². The van der Waals surface area contributed by atoms with E-state index in [2.05, 4.69) is 31.2 Å². The fourth-order valence-corrected chi connectivity index (χ4v) is 2.12. The lowest BCUT2D eigenvalue weighted by atomic mass is 10.3. The molecule has 1 rings (SSSR count). The van der Waals surface area contributed by atoms with E-state index in [9.17, 15) is 0 Å². The molecule has 0 bridgehead atoms. The van der Waals surface area contributed by atoms with E-state index >= 15 is 0 Å². The van der Waals surface area contributed by atoms with Crippen LogP contribution in [0.3, 0.4) is 0 Å². The smallest absolute Gasteiger partial charge is 0.0308 e. The highest BCUT2D eigenvalue weighted by Crippen LogP contribution is 2.19. The van der Waals surface area contributed by atoms with Crippen molar-refractivity contribution >= 4 is 23.4 Å². The van der Waals surface area contributed by atoms with E-state index in [1.807, 2.05) is 17.8 Å². The van der Waals surface area contributed by atoms with Gasteiger partial charge in [-0.2, -0.15) is 0 Å². The number of thioether (sulfide) groups is 1. The van der Waals surface area contributed by atoms with Crippen LogP contribution in [-0.4, -0.2) is 11.1 Å². The van der Waals surface area contributed by atoms with Gasteiger partial charge in [-0.05, 0) is 37.7 Å². The Balaban J connectivity index is 2.13. The number of benzene rings is 1. The summed E-state index contributed by atoms with van der Waals surface area (Å²) < 4.78 is 0. The van der Waals surface area contributed by atoms with Gasteiger partial charge in [0.25, 0.3) is 0 Å². The molecular weight excluding hydrogens is 200 g/mol. The van der Waals surface area contributed by atoms with Gasteiger partial charge in [0.1, 0.15) is 0 Å². The van der Waals surface area contributed by atoms with Crippen LogP contribution in [0.5, 0.6) is 0 Å². The number of hydrogen-bond donors (Lipinski definition) is 0. The molecule has 1 atom stereocenters. The van der Waals surface area contributed by atoms with Crippen LogP contribution in [-0.2, 0) is 0 Å². The molecule has 0 amide bonds. The predicted octanol–water partition coefficient (Wildman–Crippen LogP) is 4.19. The second-order valence-corrected chi connectivity index (χ2v) is 5.00. The Labute approximate surface area is 89.7 Å². The Hall–Kier alpha value is -0.140. The third-order valence-electron chi connectivity index (χ3n) is 1.76. The van der Waals surface area contributed by atoms with Crippen molar-refractivity contribution in [1.82, 2.24) is 0 Å². The van der Waals surface area contributed by atoms with Crippen molar-refractivity contribution in [3.05, 3.63) is 30.3 Å². The molecule has 0 aliphatic carbocycles. The fourth-order valence-electron chi connectivity index (χ4n) is 1.07. The maximum absolute atomic E-state index is 5.85. The summed E-state index contributed by atoms with van der Waals surface area (Å²) in [5.41, 5.74) is 0. The zero-order valence-electron chi connectivity index (χ0n) is 7.87. The van der Waals surface area contributed by atoms with Gasteiger partial charge in [0.05, 0.1) is 0 Å². The molecule has 0 spiro atoms. The predicted molar refractivity (Wildman–Crippen MR) is 61.7 cm³/mol. The Morgan fingerprint density at radius 1 is 1.31 bits per heavy atom. The van der Waals surface area contributed by atoms with Gasteiger partial charge >= 0.3 is 0 Å². The van der Waals surface area contributed by atoms with Crippen LogP contribution >= 0.6 is 23.4 Å². The molecule has 1 aromatic carbocycles. The molecular formula is C11H15ClS. The summed E-state index contributed by atoms with van der Waals surface area (Å²) in [6.45, 7) is 2.05. The Bertz CT molecular complexity index is 221. The zero-order valence-corrected chi connectivity index (χ0v) is 9.44. The van der Waals surface area contributed by atoms with E-state index in [0.29, 0.717) is 5.38 Å². The van der Waals surface area contributed by atoms with Gasteiger partial charge in [-0.1, -0.05) is 18.2 Å². The molecule has 1 aromatic rings. The molecule has 0 aliphatic rings. The molecule has 0 fully saturated rings. The summed E-state index contributed by atoms with van der Waals surface area (Å²) in [6.07, 6.45) is 2.31. The lowest BCUT2D eigenvalue weighted by molar-refractivity contribution is 0.786. The molecule has 0 heterocycles. The first-order chi connectivity index (χ1) is 6.29. The number of hydrogen-bond acceptors (Lipinski definition) is 1. The molecule has 0 saturated carbocycles. The average molecular weight is 215 g/mol. The lowest BCUT2D eigenvalue weighted by Gasteiger charge is -2.02. The first-order valence-electron chi connectivity index (χ1n) is 4.61. The summed E-state index contributed by atoms with van der Waals surface area (Å²) in [4.78, 5) is 1.35. The summed E-state index contributed by atoms with van der Waals surface area (Å²) in [5, 5.41) is 0.316. The van der Waals surface area contributed by atoms with Crippen molar-refractivity contribution in [3.8, 4) is 0 Å². The highest BCUT2D eigenvalue weighted by molar-refractivity contribution is 7.99. The van der Waals surface area contributed by atoms with E-state index in [0.717, 1.165) is 6.42 Å². The normalized spacial score (nSPS) is 12.8. The van der Waals surface area contributed by atoms with Crippen LogP contribution < -0.4 is 0 Å². The maximum atomic E-state index is 5.85. The first kappa shape index (κ1) is 10.9. The third kappa shape index (κ3) is 5.22. The van der Waals surface area contributed by atoms with Crippen LogP contribution in [0.25, 0.3) is 0 Å². The highest BCUT2D eigenvalue weighted by Gasteiger charge is 1.96. The van der Waals surface area contributed by atoms with Crippen LogP contribution in [0.2, 0.25) is 0 Å². The topological polar surface area (TPSA) is 0 Å². The molecule has 1 unspecified atom stereocenters. The van der Waals surface area contributed by atoms with Gasteiger partial charge in [0.2, 0.25) is 0 Å². The molecule has 2 heteroatoms. The highest BCUT2D eigenvalue weighted by atomic mass is 35.5. The van der Waals surface area contributed by atoms with Crippen LogP contribution in [0.15, 0.2) is 35.2 Å². The van der Waals surface area contributed by atoms with Crippen molar-refractivity contribution in [2.75, 3.05) is 5.75 Å². The van der Waals surface area contributed by atoms with Crippen molar-refractivity contribution in [2.24, 2.45) is 0 Å². The van der Waals surface area contributed by atoms with Crippen molar-refractivity contribution < 1.29 is 0 Å². The molecule has 0 nitrogen and oxygen atoms in total. The number of halogens is 1. The van der Waals surface area contributed by atoms with Gasteiger partial charge < -0.3 is 0 Å². The average Bonchev–Trinajstić information content (AvgIpc) is 2.14. The zero-order chi connectivity index (χ0) is 9.52. The Kier molecular flexibility index (Phi) is 5.33. The summed E-state index contributed by atoms with van der Waals surface area (Å²) in [5.74, 6) is 1.17. The molecule has 0 N–H and O–H groups in total. The quantitative estimate of drug-likeness (QED) is 0.403. The van der Waals surface area contributed by atoms with Gasteiger partial charge in [-0.3, -0.25) is 0 Å². The standard InChI is InChI=1S/C11H15ClS/c1-10(12)6-5-9-13-11-7-3-2-4-8-11/h2-4,7-8,10H,5-6,9H2,1H3. The van der Waals surface area contributed by atoms with Crippen LogP contribution in [0.1, 0.15) is 19.8 Å². The minimum Gasteiger partial charge on any atom is -0.126 e. The van der Waals surface area contributed by atoms with Crippen molar-refractivity contribution in [1.29, 1.82) is 0 Å². The lowest BCUT2D eigenvalue weighted by Crippen LogP contribution is -1.91. The Morgan fingerprint density at radius 3 is 2.62 bits per heavy atom. The Morgan fingerprint density at radius 2 is 2.00 bits per heavy atom. The van der Waals surface area contributed by atoms with Crippen molar-refractivity contribution in [2.45, 2.75) is 30.0 Å². The van der Waals surface area contributed by atoms with E-state index in [-0.39, 0.29) is 0 Å². The third-order valence-corrected chi connectivity index (χ3v) is 3.07. The summed E-state index contributed by atoms with van der Waals surface area (Å²) >= 11 is 7.75. The van der Waals surface area contributed by atoms with Crippen LogP contribution in [0.4, 0.5) is 0 Å². The summed E-state index contributed by atoms with van der Waals surface area (Å²) in [7, 11) is 0. The first-order valence-corrected chi connectivity index (χ1v) is 6.03. The minimum absolute atomic E-state index is 0.316. The molecule has 0 radical (unpaired) electrons. The molecule has 72 valence electrons. The van der Waals surface area contributed by atoms with Gasteiger partial charge in [-0.25, -0.2) is 0 Å². The molecule has 13 heavy (non-hydrogen) atoms. The SMILES string of the molecule is CC(Cl)CCCSc1ccccc1. The second-order valence-electron chi connectivity index (χ2n) is 3.08. The number of alkyl halides is 1. The maximum Gasteiger partial charge on any atom is 0.0308 e. The van der Waals surface area contributed by atoms with Gasteiger partial charge in [0.15, 0.2) is 0 Å². The minimum atomic E-state index is 0.316. The second kappa shape index (κ2) is 6.33. The van der Waals surface area contributed by atoms with Crippen molar-refractivity contribution in [3.63, 3.8) is 0 Å². The van der Waals surface area contributed by atoms with Gasteiger partial charge in [0, 0.05) is 10.3 Å². The largest absolute Gasteiger partial charge is 0.126 e.